The molecular formula is C17H22F3N5S. The SMILES string of the molecule is CN=C(NCc1csc(N(C)C)n1)NC(C)c1cccc(C(F)(F)F)c1. The van der Waals surface area contributed by atoms with Crippen LogP contribution >= 0.6 is 11.3 Å². The first-order chi connectivity index (χ1) is 12.2. The van der Waals surface area contributed by atoms with Crippen molar-refractivity contribution in [2.24, 2.45) is 4.99 Å². The molecular weight excluding hydrogens is 363 g/mol. The molecule has 1 unspecified atom stereocenters. The van der Waals surface area contributed by atoms with Crippen LogP contribution in [0.25, 0.3) is 0 Å². The summed E-state index contributed by atoms with van der Waals surface area (Å²) in [4.78, 5) is 10.5. The molecule has 0 bridgehead atoms. The molecule has 1 heterocycles. The van der Waals surface area contributed by atoms with Gasteiger partial charge in [0.2, 0.25) is 0 Å². The summed E-state index contributed by atoms with van der Waals surface area (Å²) in [7, 11) is 5.46. The molecule has 142 valence electrons. The maximum atomic E-state index is 12.9. The second-order valence-electron chi connectivity index (χ2n) is 5.93. The zero-order valence-corrected chi connectivity index (χ0v) is 15.9. The normalized spacial score (nSPS) is 13.4. The fourth-order valence-electron chi connectivity index (χ4n) is 2.22. The number of benzene rings is 1. The van der Waals surface area contributed by atoms with Crippen LogP contribution in [0.1, 0.15) is 29.8 Å². The lowest BCUT2D eigenvalue weighted by molar-refractivity contribution is -0.137. The van der Waals surface area contributed by atoms with Gasteiger partial charge in [0.1, 0.15) is 0 Å². The molecule has 0 saturated carbocycles. The summed E-state index contributed by atoms with van der Waals surface area (Å²) in [5.41, 5.74) is 0.741. The van der Waals surface area contributed by atoms with Crippen molar-refractivity contribution in [3.05, 3.63) is 46.5 Å². The molecule has 1 aromatic heterocycles. The van der Waals surface area contributed by atoms with E-state index >= 15 is 0 Å². The van der Waals surface area contributed by atoms with Crippen LogP contribution in [0.4, 0.5) is 18.3 Å². The molecule has 0 fully saturated rings. The Bertz CT molecular complexity index is 755. The highest BCUT2D eigenvalue weighted by Crippen LogP contribution is 2.30. The summed E-state index contributed by atoms with van der Waals surface area (Å²) in [5, 5.41) is 9.08. The molecule has 2 N–H and O–H groups in total. The second-order valence-corrected chi connectivity index (χ2v) is 6.77. The van der Waals surface area contributed by atoms with E-state index in [0.717, 1.165) is 23.0 Å². The number of nitrogens with zero attached hydrogens (tertiary/aromatic N) is 3. The number of aliphatic imine (C=N–C) groups is 1. The van der Waals surface area contributed by atoms with Crippen molar-refractivity contribution in [2.75, 3.05) is 26.0 Å². The number of hydrogen-bond acceptors (Lipinski definition) is 4. The van der Waals surface area contributed by atoms with Crippen molar-refractivity contribution in [1.82, 2.24) is 15.6 Å². The average molecular weight is 385 g/mol. The molecule has 0 aliphatic carbocycles. The lowest BCUT2D eigenvalue weighted by Crippen LogP contribution is -2.38. The van der Waals surface area contributed by atoms with E-state index in [9.17, 15) is 13.2 Å². The summed E-state index contributed by atoms with van der Waals surface area (Å²) >= 11 is 1.54. The van der Waals surface area contributed by atoms with E-state index in [1.807, 2.05) is 24.4 Å². The number of alkyl halides is 3. The molecule has 0 radical (unpaired) electrons. The Hall–Kier alpha value is -2.29. The lowest BCUT2D eigenvalue weighted by atomic mass is 10.1. The molecule has 1 aromatic carbocycles. The number of halogens is 3. The van der Waals surface area contributed by atoms with E-state index in [1.54, 1.807) is 20.0 Å². The fourth-order valence-corrected chi connectivity index (χ4v) is 2.98. The van der Waals surface area contributed by atoms with Gasteiger partial charge in [0.15, 0.2) is 11.1 Å². The number of thiazole rings is 1. The summed E-state index contributed by atoms with van der Waals surface area (Å²) in [6.45, 7) is 2.26. The van der Waals surface area contributed by atoms with Crippen LogP contribution in [0.2, 0.25) is 0 Å². The van der Waals surface area contributed by atoms with Crippen molar-refractivity contribution < 1.29 is 13.2 Å². The van der Waals surface area contributed by atoms with E-state index in [2.05, 4.69) is 20.6 Å². The third-order valence-electron chi connectivity index (χ3n) is 3.65. The Balaban J connectivity index is 1.98. The predicted octanol–water partition coefficient (Wildman–Crippen LogP) is 3.65. The summed E-state index contributed by atoms with van der Waals surface area (Å²) in [6, 6.07) is 4.94. The largest absolute Gasteiger partial charge is 0.416 e. The number of guanidine groups is 1. The molecule has 0 amide bonds. The van der Waals surface area contributed by atoms with Crippen molar-refractivity contribution in [2.45, 2.75) is 25.7 Å². The van der Waals surface area contributed by atoms with Crippen molar-refractivity contribution in [3.8, 4) is 0 Å². The van der Waals surface area contributed by atoms with Crippen LogP contribution in [-0.2, 0) is 12.7 Å². The van der Waals surface area contributed by atoms with Crippen molar-refractivity contribution in [1.29, 1.82) is 0 Å². The van der Waals surface area contributed by atoms with Gasteiger partial charge in [0, 0.05) is 26.5 Å². The Morgan fingerprint density at radius 1 is 1.35 bits per heavy atom. The third-order valence-corrected chi connectivity index (χ3v) is 4.71. The molecule has 1 atom stereocenters. The van der Waals surface area contributed by atoms with E-state index < -0.39 is 11.7 Å². The van der Waals surface area contributed by atoms with Crippen LogP contribution in [0.3, 0.4) is 0 Å². The smallest absolute Gasteiger partial charge is 0.354 e. The fraction of sp³-hybridized carbons (Fsp3) is 0.412. The molecule has 26 heavy (non-hydrogen) atoms. The van der Waals surface area contributed by atoms with Crippen LogP contribution in [0.5, 0.6) is 0 Å². The molecule has 2 rings (SSSR count). The quantitative estimate of drug-likeness (QED) is 0.609. The monoisotopic (exact) mass is 385 g/mol. The van der Waals surface area contributed by atoms with Gasteiger partial charge >= 0.3 is 6.18 Å². The van der Waals surface area contributed by atoms with Gasteiger partial charge in [-0.3, -0.25) is 4.99 Å². The van der Waals surface area contributed by atoms with Crippen molar-refractivity contribution >= 4 is 22.4 Å². The molecule has 0 spiro atoms. The van der Waals surface area contributed by atoms with Crippen LogP contribution in [0.15, 0.2) is 34.6 Å². The Labute approximate surface area is 155 Å². The molecule has 0 saturated heterocycles. The maximum absolute atomic E-state index is 12.9. The third kappa shape index (κ3) is 5.35. The van der Waals surface area contributed by atoms with Crippen LogP contribution < -0.4 is 15.5 Å². The topological polar surface area (TPSA) is 52.6 Å². The number of aromatic nitrogens is 1. The maximum Gasteiger partial charge on any atom is 0.416 e. The Morgan fingerprint density at radius 2 is 2.08 bits per heavy atom. The first kappa shape index (κ1) is 20.0. The zero-order chi connectivity index (χ0) is 19.3. The van der Waals surface area contributed by atoms with Gasteiger partial charge < -0.3 is 15.5 Å². The van der Waals surface area contributed by atoms with Gasteiger partial charge in [0.05, 0.1) is 23.8 Å². The van der Waals surface area contributed by atoms with Gasteiger partial charge in [-0.05, 0) is 24.6 Å². The Kier molecular flexibility index (Phi) is 6.47. The van der Waals surface area contributed by atoms with E-state index in [1.165, 1.54) is 17.4 Å². The molecule has 0 aliphatic rings. The average Bonchev–Trinajstić information content (AvgIpc) is 3.07. The van der Waals surface area contributed by atoms with Gasteiger partial charge in [-0.1, -0.05) is 12.1 Å². The molecule has 2 aromatic rings. The minimum atomic E-state index is -4.36. The minimum absolute atomic E-state index is 0.337. The molecule has 9 heteroatoms. The zero-order valence-electron chi connectivity index (χ0n) is 15.1. The molecule has 0 aliphatic heterocycles. The second kappa shape index (κ2) is 8.39. The highest BCUT2D eigenvalue weighted by Gasteiger charge is 2.30. The van der Waals surface area contributed by atoms with E-state index in [0.29, 0.717) is 18.1 Å². The number of hydrogen-bond donors (Lipinski definition) is 2. The van der Waals surface area contributed by atoms with Crippen molar-refractivity contribution in [3.63, 3.8) is 0 Å². The number of rotatable bonds is 5. The summed E-state index contributed by atoms with van der Waals surface area (Å²) in [5.74, 6) is 0.495. The minimum Gasteiger partial charge on any atom is -0.354 e. The number of anilines is 1. The van der Waals surface area contributed by atoms with Gasteiger partial charge in [-0.15, -0.1) is 11.3 Å². The summed E-state index contributed by atoms with van der Waals surface area (Å²) < 4.78 is 38.6. The number of nitrogens with one attached hydrogen (secondary N) is 2. The van der Waals surface area contributed by atoms with Crippen LogP contribution in [0, 0.1) is 0 Å². The van der Waals surface area contributed by atoms with E-state index in [-0.39, 0.29) is 6.04 Å². The van der Waals surface area contributed by atoms with Crippen LogP contribution in [-0.4, -0.2) is 32.1 Å². The molecule has 5 nitrogen and oxygen atoms in total. The van der Waals surface area contributed by atoms with Gasteiger partial charge in [-0.25, -0.2) is 4.98 Å². The van der Waals surface area contributed by atoms with E-state index in [4.69, 9.17) is 0 Å². The lowest BCUT2D eigenvalue weighted by Gasteiger charge is -2.19. The predicted molar refractivity (Wildman–Crippen MR) is 99.6 cm³/mol. The highest BCUT2D eigenvalue weighted by molar-refractivity contribution is 7.13. The first-order valence-corrected chi connectivity index (χ1v) is 8.84. The Morgan fingerprint density at radius 3 is 2.65 bits per heavy atom. The first-order valence-electron chi connectivity index (χ1n) is 7.96. The van der Waals surface area contributed by atoms with Gasteiger partial charge in [0.25, 0.3) is 0 Å². The van der Waals surface area contributed by atoms with Gasteiger partial charge in [-0.2, -0.15) is 13.2 Å². The summed E-state index contributed by atoms with van der Waals surface area (Å²) in [6.07, 6.45) is -4.36. The standard InChI is InChI=1S/C17H22F3N5S/c1-11(12-6-5-7-13(8-12)17(18,19)20)23-15(21-2)22-9-14-10-26-16(24-14)25(3)4/h5-8,10-11H,9H2,1-4H3,(H2,21,22,23). The highest BCUT2D eigenvalue weighted by atomic mass is 32.1.